The molecule has 1 aromatic carbocycles. The maximum atomic E-state index is 12.9. The highest BCUT2D eigenvalue weighted by molar-refractivity contribution is 6.00. The third-order valence-electron chi connectivity index (χ3n) is 4.79. The standard InChI is InChI=1S/C19H24O/c20-19(16-10-4-2-1-3-5-11-16)18-14-8-12-15-9-6-7-13-17(15)18/h6-7,9-10,13,18H,1-5,8,11-12,14H2/b16-10+. The fourth-order valence-electron chi connectivity index (χ4n) is 3.67. The summed E-state index contributed by atoms with van der Waals surface area (Å²) in [6.45, 7) is 0. The van der Waals surface area contributed by atoms with E-state index in [0.717, 1.165) is 37.7 Å². The Morgan fingerprint density at radius 3 is 2.75 bits per heavy atom. The predicted molar refractivity (Wildman–Crippen MR) is 82.9 cm³/mol. The van der Waals surface area contributed by atoms with Crippen LogP contribution in [0.4, 0.5) is 0 Å². The van der Waals surface area contributed by atoms with Crippen LogP contribution in [0.15, 0.2) is 35.9 Å². The molecule has 106 valence electrons. The van der Waals surface area contributed by atoms with Crippen molar-refractivity contribution in [3.8, 4) is 0 Å². The minimum atomic E-state index is 0.130. The van der Waals surface area contributed by atoms with Gasteiger partial charge in [0.25, 0.3) is 0 Å². The number of hydrogen-bond donors (Lipinski definition) is 0. The Kier molecular flexibility index (Phi) is 4.34. The highest BCUT2D eigenvalue weighted by atomic mass is 16.1. The van der Waals surface area contributed by atoms with Crippen molar-refractivity contribution in [2.45, 2.75) is 63.7 Å². The molecule has 2 aliphatic carbocycles. The Bertz CT molecular complexity index is 512. The number of rotatable bonds is 2. The van der Waals surface area contributed by atoms with Gasteiger partial charge in [0.2, 0.25) is 0 Å². The monoisotopic (exact) mass is 268 g/mol. The second-order valence-corrected chi connectivity index (χ2v) is 6.19. The highest BCUT2D eigenvalue weighted by Crippen LogP contribution is 2.35. The van der Waals surface area contributed by atoms with Gasteiger partial charge < -0.3 is 0 Å². The molecule has 0 saturated heterocycles. The molecule has 0 radical (unpaired) electrons. The van der Waals surface area contributed by atoms with Crippen LogP contribution in [0, 0.1) is 0 Å². The average molecular weight is 268 g/mol. The van der Waals surface area contributed by atoms with Crippen molar-refractivity contribution in [2.24, 2.45) is 0 Å². The van der Waals surface area contributed by atoms with Crippen LogP contribution < -0.4 is 0 Å². The van der Waals surface area contributed by atoms with Crippen LogP contribution in [0.5, 0.6) is 0 Å². The number of ketones is 1. The minimum Gasteiger partial charge on any atom is -0.294 e. The highest BCUT2D eigenvalue weighted by Gasteiger charge is 2.27. The van der Waals surface area contributed by atoms with Crippen LogP contribution in [0.1, 0.15) is 68.4 Å². The van der Waals surface area contributed by atoms with Crippen LogP contribution >= 0.6 is 0 Å². The molecule has 0 aromatic heterocycles. The lowest BCUT2D eigenvalue weighted by molar-refractivity contribution is -0.117. The number of benzene rings is 1. The number of carbonyl (C=O) groups is 1. The van der Waals surface area contributed by atoms with Crippen molar-refractivity contribution in [1.29, 1.82) is 0 Å². The summed E-state index contributed by atoms with van der Waals surface area (Å²) in [7, 11) is 0. The summed E-state index contributed by atoms with van der Waals surface area (Å²) in [5.41, 5.74) is 3.81. The van der Waals surface area contributed by atoms with Crippen LogP contribution in [-0.4, -0.2) is 5.78 Å². The Balaban J connectivity index is 1.84. The van der Waals surface area contributed by atoms with E-state index < -0.39 is 0 Å². The molecular formula is C19H24O. The van der Waals surface area contributed by atoms with Crippen molar-refractivity contribution in [2.75, 3.05) is 0 Å². The maximum absolute atomic E-state index is 12.9. The van der Waals surface area contributed by atoms with Gasteiger partial charge in [-0.15, -0.1) is 0 Å². The van der Waals surface area contributed by atoms with Crippen LogP contribution in [0.3, 0.4) is 0 Å². The molecule has 0 amide bonds. The van der Waals surface area contributed by atoms with Gasteiger partial charge in [-0.3, -0.25) is 4.79 Å². The van der Waals surface area contributed by atoms with Crippen molar-refractivity contribution in [1.82, 2.24) is 0 Å². The summed E-state index contributed by atoms with van der Waals surface area (Å²) < 4.78 is 0. The first kappa shape index (κ1) is 13.6. The van der Waals surface area contributed by atoms with Gasteiger partial charge in [0.15, 0.2) is 5.78 Å². The molecule has 1 aromatic rings. The smallest absolute Gasteiger partial charge is 0.165 e. The molecule has 1 nitrogen and oxygen atoms in total. The van der Waals surface area contributed by atoms with Gasteiger partial charge in [-0.05, 0) is 61.6 Å². The lowest BCUT2D eigenvalue weighted by atomic mass is 9.77. The van der Waals surface area contributed by atoms with E-state index >= 15 is 0 Å². The second kappa shape index (κ2) is 6.39. The molecular weight excluding hydrogens is 244 g/mol. The summed E-state index contributed by atoms with van der Waals surface area (Å²) in [6, 6.07) is 8.54. The molecule has 0 N–H and O–H groups in total. The van der Waals surface area contributed by atoms with E-state index in [1.54, 1.807) is 0 Å². The summed E-state index contributed by atoms with van der Waals surface area (Å²) >= 11 is 0. The molecule has 0 saturated carbocycles. The zero-order valence-electron chi connectivity index (χ0n) is 12.2. The van der Waals surface area contributed by atoms with Gasteiger partial charge in [-0.1, -0.05) is 43.2 Å². The number of hydrogen-bond acceptors (Lipinski definition) is 1. The number of carbonyl (C=O) groups excluding carboxylic acids is 1. The Morgan fingerprint density at radius 2 is 1.80 bits per heavy atom. The van der Waals surface area contributed by atoms with Crippen molar-refractivity contribution >= 4 is 5.78 Å². The fraction of sp³-hybridized carbons (Fsp3) is 0.526. The van der Waals surface area contributed by atoms with E-state index in [-0.39, 0.29) is 5.92 Å². The van der Waals surface area contributed by atoms with Crippen molar-refractivity contribution in [3.63, 3.8) is 0 Å². The SMILES string of the molecule is O=C(/C1=C/CCCCCC1)C1CCCc2ccccc21. The zero-order chi connectivity index (χ0) is 13.8. The van der Waals surface area contributed by atoms with Crippen LogP contribution in [0.25, 0.3) is 0 Å². The van der Waals surface area contributed by atoms with Gasteiger partial charge in [-0.2, -0.15) is 0 Å². The molecule has 0 heterocycles. The largest absolute Gasteiger partial charge is 0.294 e. The van der Waals surface area contributed by atoms with E-state index in [0.29, 0.717) is 5.78 Å². The molecule has 0 spiro atoms. The zero-order valence-corrected chi connectivity index (χ0v) is 12.2. The number of fused-ring (bicyclic) bond motifs is 1. The topological polar surface area (TPSA) is 17.1 Å². The summed E-state index contributed by atoms with van der Waals surface area (Å²) in [5.74, 6) is 0.546. The van der Waals surface area contributed by atoms with Gasteiger partial charge >= 0.3 is 0 Å². The maximum Gasteiger partial charge on any atom is 0.165 e. The first-order valence-corrected chi connectivity index (χ1v) is 8.17. The van der Waals surface area contributed by atoms with E-state index in [1.807, 2.05) is 0 Å². The number of allylic oxidation sites excluding steroid dienone is 2. The number of Topliss-reactive ketones (excluding diaryl/α,β-unsaturated/α-hetero) is 1. The Labute approximate surface area is 122 Å². The molecule has 20 heavy (non-hydrogen) atoms. The third kappa shape index (κ3) is 2.87. The van der Waals surface area contributed by atoms with Gasteiger partial charge in [0.1, 0.15) is 0 Å². The molecule has 0 fully saturated rings. The number of aryl methyl sites for hydroxylation is 1. The predicted octanol–water partition coefficient (Wildman–Crippen LogP) is 4.96. The van der Waals surface area contributed by atoms with E-state index in [1.165, 1.54) is 36.8 Å². The fourth-order valence-corrected chi connectivity index (χ4v) is 3.67. The molecule has 1 atom stereocenters. The quantitative estimate of drug-likeness (QED) is 0.741. The van der Waals surface area contributed by atoms with E-state index in [9.17, 15) is 4.79 Å². The van der Waals surface area contributed by atoms with Crippen LogP contribution in [-0.2, 0) is 11.2 Å². The second-order valence-electron chi connectivity index (χ2n) is 6.19. The molecule has 2 aliphatic rings. The normalized spacial score (nSPS) is 25.8. The Morgan fingerprint density at radius 1 is 0.950 bits per heavy atom. The van der Waals surface area contributed by atoms with Gasteiger partial charge in [0.05, 0.1) is 0 Å². The van der Waals surface area contributed by atoms with Crippen molar-refractivity contribution in [3.05, 3.63) is 47.0 Å². The lowest BCUT2D eigenvalue weighted by Gasteiger charge is -2.25. The van der Waals surface area contributed by atoms with Crippen LogP contribution in [0.2, 0.25) is 0 Å². The van der Waals surface area contributed by atoms with Crippen molar-refractivity contribution < 1.29 is 4.79 Å². The molecule has 0 bridgehead atoms. The van der Waals surface area contributed by atoms with E-state index in [4.69, 9.17) is 0 Å². The molecule has 0 aliphatic heterocycles. The summed E-state index contributed by atoms with van der Waals surface area (Å²) in [5, 5.41) is 0. The van der Waals surface area contributed by atoms with Gasteiger partial charge in [-0.25, -0.2) is 0 Å². The molecule has 3 rings (SSSR count). The summed E-state index contributed by atoms with van der Waals surface area (Å²) in [4.78, 5) is 12.9. The Hall–Kier alpha value is -1.37. The lowest BCUT2D eigenvalue weighted by Crippen LogP contribution is -2.20. The van der Waals surface area contributed by atoms with E-state index in [2.05, 4.69) is 30.3 Å². The third-order valence-corrected chi connectivity index (χ3v) is 4.79. The molecule has 1 unspecified atom stereocenters. The first-order valence-electron chi connectivity index (χ1n) is 8.17. The first-order chi connectivity index (χ1) is 9.86. The molecule has 1 heteroatoms. The van der Waals surface area contributed by atoms with Gasteiger partial charge in [0, 0.05) is 5.92 Å². The summed E-state index contributed by atoms with van der Waals surface area (Å²) in [6.07, 6.45) is 12.7. The minimum absolute atomic E-state index is 0.130. The average Bonchev–Trinajstić information content (AvgIpc) is 2.46.